The molecule has 1 aliphatic heterocycles. The highest BCUT2D eigenvalue weighted by Crippen LogP contribution is 2.22. The maximum absolute atomic E-state index is 12.2. The van der Waals surface area contributed by atoms with Gasteiger partial charge in [0.2, 0.25) is 5.91 Å². The third-order valence-electron chi connectivity index (χ3n) is 3.72. The predicted octanol–water partition coefficient (Wildman–Crippen LogP) is 2.02. The monoisotopic (exact) mass is 306 g/mol. The number of piperidine rings is 1. The number of carbonyl (C=O) groups excluding carboxylic acids is 1. The van der Waals surface area contributed by atoms with Crippen molar-refractivity contribution >= 4 is 22.2 Å². The number of rotatable bonds is 6. The molecule has 0 saturated carbocycles. The number of nitrogens with zero attached hydrogens (tertiary/aromatic N) is 2. The summed E-state index contributed by atoms with van der Waals surface area (Å²) in [5.74, 6) is -0.0269. The molecular weight excluding hydrogens is 284 g/mol. The van der Waals surface area contributed by atoms with Gasteiger partial charge in [-0.05, 0) is 50.3 Å². The van der Waals surface area contributed by atoms with E-state index in [1.165, 1.54) is 11.3 Å². The lowest BCUT2D eigenvalue weighted by molar-refractivity contribution is -0.118. The van der Waals surface area contributed by atoms with Gasteiger partial charge in [0, 0.05) is 6.04 Å². The lowest BCUT2D eigenvalue weighted by atomic mass is 10.0. The van der Waals surface area contributed by atoms with Crippen LogP contribution in [0.15, 0.2) is 11.4 Å². The summed E-state index contributed by atoms with van der Waals surface area (Å²) in [7, 11) is 0. The Kier molecular flexibility index (Phi) is 6.18. The normalized spacial score (nSPS) is 15.9. The molecular formula is C15H22N4OS. The van der Waals surface area contributed by atoms with Crippen LogP contribution in [0.25, 0.3) is 0 Å². The molecule has 1 aliphatic rings. The van der Waals surface area contributed by atoms with E-state index in [1.54, 1.807) is 6.07 Å². The number of amides is 1. The molecule has 0 aromatic carbocycles. The van der Waals surface area contributed by atoms with Gasteiger partial charge in [-0.2, -0.15) is 5.26 Å². The van der Waals surface area contributed by atoms with Crippen molar-refractivity contribution in [3.05, 3.63) is 17.0 Å². The molecule has 1 saturated heterocycles. The molecule has 6 heteroatoms. The first-order valence-electron chi connectivity index (χ1n) is 7.46. The van der Waals surface area contributed by atoms with Crippen molar-refractivity contribution < 1.29 is 4.79 Å². The number of anilines is 1. The van der Waals surface area contributed by atoms with Crippen LogP contribution < -0.4 is 10.6 Å². The Balaban J connectivity index is 1.93. The quantitative estimate of drug-likeness (QED) is 0.844. The van der Waals surface area contributed by atoms with Crippen LogP contribution in [-0.2, 0) is 4.79 Å². The fraction of sp³-hybridized carbons (Fsp3) is 0.600. The minimum Gasteiger partial charge on any atom is -0.317 e. The van der Waals surface area contributed by atoms with Gasteiger partial charge in [-0.3, -0.25) is 9.69 Å². The van der Waals surface area contributed by atoms with Crippen molar-refractivity contribution in [2.24, 2.45) is 0 Å². The highest BCUT2D eigenvalue weighted by atomic mass is 32.1. The molecule has 0 unspecified atom stereocenters. The predicted molar refractivity (Wildman–Crippen MR) is 85.4 cm³/mol. The van der Waals surface area contributed by atoms with Gasteiger partial charge in [-0.1, -0.05) is 6.92 Å². The molecule has 21 heavy (non-hydrogen) atoms. The van der Waals surface area contributed by atoms with Crippen LogP contribution in [0.1, 0.15) is 31.7 Å². The van der Waals surface area contributed by atoms with Gasteiger partial charge in [0.05, 0.1) is 12.1 Å². The lowest BCUT2D eigenvalue weighted by Crippen LogP contribution is -2.46. The summed E-state index contributed by atoms with van der Waals surface area (Å²) < 4.78 is 0. The maximum Gasteiger partial charge on any atom is 0.239 e. The van der Waals surface area contributed by atoms with Crippen molar-refractivity contribution in [3.63, 3.8) is 0 Å². The SMILES string of the molecule is CCCN(CC(=O)Nc1sccc1C#N)C1CCNCC1. The van der Waals surface area contributed by atoms with Crippen LogP contribution in [0.5, 0.6) is 0 Å². The first-order valence-corrected chi connectivity index (χ1v) is 8.34. The zero-order valence-electron chi connectivity index (χ0n) is 12.4. The van der Waals surface area contributed by atoms with Gasteiger partial charge in [-0.15, -0.1) is 11.3 Å². The molecule has 0 spiro atoms. The molecule has 0 bridgehead atoms. The number of hydrogen-bond acceptors (Lipinski definition) is 5. The van der Waals surface area contributed by atoms with E-state index in [9.17, 15) is 4.79 Å². The van der Waals surface area contributed by atoms with Crippen LogP contribution in [0.3, 0.4) is 0 Å². The van der Waals surface area contributed by atoms with Crippen LogP contribution in [-0.4, -0.2) is 43.0 Å². The van der Waals surface area contributed by atoms with Crippen LogP contribution in [0.2, 0.25) is 0 Å². The van der Waals surface area contributed by atoms with E-state index in [2.05, 4.69) is 28.5 Å². The highest BCUT2D eigenvalue weighted by Gasteiger charge is 2.22. The zero-order chi connectivity index (χ0) is 15.1. The Morgan fingerprint density at radius 1 is 1.57 bits per heavy atom. The molecule has 1 fully saturated rings. The van der Waals surface area contributed by atoms with Crippen molar-refractivity contribution in [2.45, 2.75) is 32.2 Å². The third kappa shape index (κ3) is 4.53. The third-order valence-corrected chi connectivity index (χ3v) is 4.55. The summed E-state index contributed by atoms with van der Waals surface area (Å²) in [6, 6.07) is 4.31. The number of thiophene rings is 1. The molecule has 0 aliphatic carbocycles. The minimum absolute atomic E-state index is 0.0269. The van der Waals surface area contributed by atoms with Gasteiger partial charge in [0.1, 0.15) is 11.1 Å². The Morgan fingerprint density at radius 3 is 3.00 bits per heavy atom. The second-order valence-electron chi connectivity index (χ2n) is 5.28. The standard InChI is InChI=1S/C15H22N4OS/c1-2-8-19(13-3-6-17-7-4-13)11-14(20)18-15-12(10-16)5-9-21-15/h5,9,13,17H,2-4,6-8,11H2,1H3,(H,18,20). The Hall–Kier alpha value is -1.42. The molecule has 1 amide bonds. The average molecular weight is 306 g/mol. The van der Waals surface area contributed by atoms with E-state index in [0.29, 0.717) is 23.2 Å². The summed E-state index contributed by atoms with van der Waals surface area (Å²) in [4.78, 5) is 14.5. The van der Waals surface area contributed by atoms with Gasteiger partial charge < -0.3 is 10.6 Å². The van der Waals surface area contributed by atoms with Crippen molar-refractivity contribution in [1.29, 1.82) is 5.26 Å². The van der Waals surface area contributed by atoms with Crippen molar-refractivity contribution in [1.82, 2.24) is 10.2 Å². The molecule has 1 aromatic rings. The Morgan fingerprint density at radius 2 is 2.33 bits per heavy atom. The van der Waals surface area contributed by atoms with Gasteiger partial charge >= 0.3 is 0 Å². The summed E-state index contributed by atoms with van der Waals surface area (Å²) in [5, 5.41) is 17.7. The van der Waals surface area contributed by atoms with E-state index in [0.717, 1.165) is 38.9 Å². The second-order valence-corrected chi connectivity index (χ2v) is 6.19. The van der Waals surface area contributed by atoms with Crippen molar-refractivity contribution in [3.8, 4) is 6.07 Å². The number of nitrogens with one attached hydrogen (secondary N) is 2. The first kappa shape index (κ1) is 16.0. The fourth-order valence-electron chi connectivity index (χ4n) is 2.69. The molecule has 114 valence electrons. The summed E-state index contributed by atoms with van der Waals surface area (Å²) in [6.45, 7) is 5.53. The van der Waals surface area contributed by atoms with E-state index >= 15 is 0 Å². The molecule has 1 aromatic heterocycles. The van der Waals surface area contributed by atoms with E-state index in [1.807, 2.05) is 5.38 Å². The molecule has 5 nitrogen and oxygen atoms in total. The van der Waals surface area contributed by atoms with Crippen LogP contribution in [0, 0.1) is 11.3 Å². The molecule has 2 N–H and O–H groups in total. The van der Waals surface area contributed by atoms with Gasteiger partial charge in [0.25, 0.3) is 0 Å². The Labute approximate surface area is 129 Å². The van der Waals surface area contributed by atoms with Crippen molar-refractivity contribution in [2.75, 3.05) is 31.5 Å². The molecule has 0 radical (unpaired) electrons. The topological polar surface area (TPSA) is 68.2 Å². The number of carbonyl (C=O) groups is 1. The second kappa shape index (κ2) is 8.13. The average Bonchev–Trinajstić information content (AvgIpc) is 2.95. The zero-order valence-corrected chi connectivity index (χ0v) is 13.2. The first-order chi connectivity index (χ1) is 10.2. The smallest absolute Gasteiger partial charge is 0.239 e. The molecule has 0 atom stereocenters. The Bertz CT molecular complexity index is 502. The minimum atomic E-state index is -0.0269. The molecule has 2 heterocycles. The summed E-state index contributed by atoms with van der Waals surface area (Å²) >= 11 is 1.40. The number of hydrogen-bond donors (Lipinski definition) is 2. The van der Waals surface area contributed by atoms with E-state index in [4.69, 9.17) is 5.26 Å². The van der Waals surface area contributed by atoms with Crippen LogP contribution >= 0.6 is 11.3 Å². The fourth-order valence-corrected chi connectivity index (χ4v) is 3.45. The summed E-state index contributed by atoms with van der Waals surface area (Å²) in [5.41, 5.74) is 0.539. The van der Waals surface area contributed by atoms with Crippen LogP contribution in [0.4, 0.5) is 5.00 Å². The largest absolute Gasteiger partial charge is 0.317 e. The highest BCUT2D eigenvalue weighted by molar-refractivity contribution is 7.14. The lowest BCUT2D eigenvalue weighted by Gasteiger charge is -2.33. The van der Waals surface area contributed by atoms with Gasteiger partial charge in [-0.25, -0.2) is 0 Å². The van der Waals surface area contributed by atoms with E-state index in [-0.39, 0.29) is 5.91 Å². The summed E-state index contributed by atoms with van der Waals surface area (Å²) in [6.07, 6.45) is 3.23. The van der Waals surface area contributed by atoms with E-state index < -0.39 is 0 Å². The molecule has 2 rings (SSSR count). The van der Waals surface area contributed by atoms with Gasteiger partial charge in [0.15, 0.2) is 0 Å². The maximum atomic E-state index is 12.2. The number of nitriles is 1.